The van der Waals surface area contributed by atoms with Crippen LogP contribution in [0.2, 0.25) is 0 Å². The van der Waals surface area contributed by atoms with Crippen molar-refractivity contribution >= 4 is 48.9 Å². The number of benzene rings is 2. The average Bonchev–Trinajstić information content (AvgIpc) is 3.23. The second-order valence-electron chi connectivity index (χ2n) is 7.26. The Kier molecular flexibility index (Phi) is 4.95. The van der Waals surface area contributed by atoms with Crippen molar-refractivity contribution < 1.29 is 13.2 Å². The van der Waals surface area contributed by atoms with Gasteiger partial charge in [0.1, 0.15) is 0 Å². The first-order valence-electron chi connectivity index (χ1n) is 9.34. The summed E-state index contributed by atoms with van der Waals surface area (Å²) < 4.78 is 30.5. The molecule has 0 unspecified atom stereocenters. The van der Waals surface area contributed by atoms with Crippen LogP contribution in [0.25, 0.3) is 10.2 Å². The third kappa shape index (κ3) is 3.67. The van der Waals surface area contributed by atoms with E-state index in [4.69, 9.17) is 0 Å². The van der Waals surface area contributed by atoms with Crippen LogP contribution in [-0.2, 0) is 14.8 Å². The number of nitrogens with one attached hydrogen (secondary N) is 1. The van der Waals surface area contributed by atoms with Crippen LogP contribution in [0, 0.1) is 0 Å². The molecule has 0 aliphatic carbocycles. The molecule has 1 amide bonds. The maximum atomic E-state index is 12.8. The third-order valence-corrected chi connectivity index (χ3v) is 7.21. The Bertz CT molecular complexity index is 1240. The van der Waals surface area contributed by atoms with Crippen molar-refractivity contribution in [2.75, 3.05) is 16.2 Å². The maximum Gasteiger partial charge on any atom is 0.308 e. The lowest BCUT2D eigenvalue weighted by molar-refractivity contribution is -0.117. The number of sulfonamides is 1. The zero-order valence-electron chi connectivity index (χ0n) is 16.1. The number of anilines is 2. The number of carbonyl (C=O) groups is 1. The first-order valence-corrected chi connectivity index (χ1v) is 11.6. The van der Waals surface area contributed by atoms with E-state index in [1.54, 1.807) is 39.8 Å². The molecule has 29 heavy (non-hydrogen) atoms. The molecule has 1 saturated heterocycles. The minimum atomic E-state index is -3.81. The molecule has 0 radical (unpaired) electrons. The second-order valence-corrected chi connectivity index (χ2v) is 9.94. The predicted molar refractivity (Wildman–Crippen MR) is 115 cm³/mol. The van der Waals surface area contributed by atoms with E-state index in [-0.39, 0.29) is 21.7 Å². The quantitative estimate of drug-likeness (QED) is 0.669. The van der Waals surface area contributed by atoms with Crippen LogP contribution in [0.5, 0.6) is 0 Å². The van der Waals surface area contributed by atoms with Gasteiger partial charge in [0.2, 0.25) is 5.91 Å². The molecule has 1 aliphatic rings. The Morgan fingerprint density at radius 1 is 1.07 bits per heavy atom. The Labute approximate surface area is 172 Å². The minimum absolute atomic E-state index is 0.00200. The van der Waals surface area contributed by atoms with Gasteiger partial charge in [-0.1, -0.05) is 11.3 Å². The normalized spacial score (nSPS) is 14.9. The van der Waals surface area contributed by atoms with E-state index < -0.39 is 10.0 Å². The van der Waals surface area contributed by atoms with E-state index >= 15 is 0 Å². The molecule has 0 saturated carbocycles. The van der Waals surface area contributed by atoms with Crippen LogP contribution in [0.4, 0.5) is 11.4 Å². The molecule has 1 aromatic heterocycles. The first kappa shape index (κ1) is 19.7. The summed E-state index contributed by atoms with van der Waals surface area (Å²) in [7, 11) is -3.81. The van der Waals surface area contributed by atoms with Crippen LogP contribution in [0.3, 0.4) is 0 Å². The van der Waals surface area contributed by atoms with Gasteiger partial charge in [0.05, 0.1) is 15.1 Å². The van der Waals surface area contributed by atoms with E-state index in [0.29, 0.717) is 23.4 Å². The molecule has 1 N–H and O–H groups in total. The second kappa shape index (κ2) is 7.31. The topological polar surface area (TPSA) is 88.5 Å². The highest BCUT2D eigenvalue weighted by atomic mass is 32.2. The van der Waals surface area contributed by atoms with Gasteiger partial charge in [-0.3, -0.25) is 18.9 Å². The van der Waals surface area contributed by atoms with E-state index in [1.165, 1.54) is 12.1 Å². The predicted octanol–water partition coefficient (Wildman–Crippen LogP) is 3.57. The highest BCUT2D eigenvalue weighted by Gasteiger charge is 2.22. The van der Waals surface area contributed by atoms with Crippen LogP contribution >= 0.6 is 11.3 Å². The summed E-state index contributed by atoms with van der Waals surface area (Å²) in [6.45, 7) is 4.51. The molecule has 0 spiro atoms. The number of carbonyl (C=O) groups excluding carboxylic acids is 1. The number of hydrogen-bond donors (Lipinski definition) is 1. The molecule has 3 aromatic rings. The van der Waals surface area contributed by atoms with Crippen LogP contribution < -0.4 is 14.5 Å². The first-order chi connectivity index (χ1) is 13.8. The average molecular weight is 432 g/mol. The number of thiazole rings is 1. The Hall–Kier alpha value is -2.65. The largest absolute Gasteiger partial charge is 0.312 e. The lowest BCUT2D eigenvalue weighted by Gasteiger charge is -2.16. The van der Waals surface area contributed by atoms with Crippen LogP contribution in [-0.4, -0.2) is 25.4 Å². The van der Waals surface area contributed by atoms with E-state index in [0.717, 1.165) is 29.0 Å². The Morgan fingerprint density at radius 2 is 1.79 bits per heavy atom. The van der Waals surface area contributed by atoms with Gasteiger partial charge < -0.3 is 4.90 Å². The van der Waals surface area contributed by atoms with Gasteiger partial charge in [0, 0.05) is 30.4 Å². The SMILES string of the molecule is CC(C)n1c(=O)sc2cc(S(=O)(=O)Nc3ccc(N4CCCC4=O)cc3)ccc21. The molecule has 2 aromatic carbocycles. The lowest BCUT2D eigenvalue weighted by Crippen LogP contribution is -2.23. The van der Waals surface area contributed by atoms with Gasteiger partial charge in [-0.05, 0) is 62.7 Å². The van der Waals surface area contributed by atoms with Crippen molar-refractivity contribution in [2.24, 2.45) is 0 Å². The van der Waals surface area contributed by atoms with Gasteiger partial charge >= 0.3 is 4.87 Å². The van der Waals surface area contributed by atoms with Crippen LogP contribution in [0.1, 0.15) is 32.7 Å². The minimum Gasteiger partial charge on any atom is -0.312 e. The zero-order chi connectivity index (χ0) is 20.8. The molecule has 1 aliphatic heterocycles. The molecular weight excluding hydrogens is 410 g/mol. The molecule has 152 valence electrons. The number of fused-ring (bicyclic) bond motifs is 1. The summed E-state index contributed by atoms with van der Waals surface area (Å²) in [5.41, 5.74) is 1.90. The smallest absolute Gasteiger partial charge is 0.308 e. The summed E-state index contributed by atoms with van der Waals surface area (Å²) in [6, 6.07) is 11.5. The van der Waals surface area contributed by atoms with Crippen molar-refractivity contribution in [1.82, 2.24) is 4.57 Å². The molecule has 1 fully saturated rings. The molecule has 2 heterocycles. The number of rotatable bonds is 5. The zero-order valence-corrected chi connectivity index (χ0v) is 17.7. The highest BCUT2D eigenvalue weighted by molar-refractivity contribution is 7.92. The van der Waals surface area contributed by atoms with Crippen molar-refractivity contribution in [3.63, 3.8) is 0 Å². The standard InChI is InChI=1S/C20H21N3O4S2/c1-13(2)23-17-10-9-16(12-18(17)28-20(23)25)29(26,27)21-14-5-7-15(8-6-14)22-11-3-4-19(22)24/h5-10,12-13,21H,3-4,11H2,1-2H3. The lowest BCUT2D eigenvalue weighted by atomic mass is 10.2. The van der Waals surface area contributed by atoms with Crippen molar-refractivity contribution in [3.8, 4) is 0 Å². The summed E-state index contributed by atoms with van der Waals surface area (Å²) in [5.74, 6) is 0.0824. The number of nitrogens with zero attached hydrogens (tertiary/aromatic N) is 2. The van der Waals surface area contributed by atoms with E-state index in [1.807, 2.05) is 13.8 Å². The number of amides is 1. The molecular formula is C20H21N3O4S2. The monoisotopic (exact) mass is 431 g/mol. The van der Waals surface area contributed by atoms with Gasteiger partial charge in [-0.25, -0.2) is 8.42 Å². The summed E-state index contributed by atoms with van der Waals surface area (Å²) in [4.78, 5) is 25.7. The molecule has 4 rings (SSSR count). The van der Waals surface area contributed by atoms with Crippen LogP contribution in [0.15, 0.2) is 52.2 Å². The fourth-order valence-electron chi connectivity index (χ4n) is 3.52. The summed E-state index contributed by atoms with van der Waals surface area (Å²) in [6.07, 6.45) is 1.38. The van der Waals surface area contributed by atoms with Gasteiger partial charge in [0.25, 0.3) is 10.0 Å². The fraction of sp³-hybridized carbons (Fsp3) is 0.300. The van der Waals surface area contributed by atoms with Gasteiger partial charge in [-0.2, -0.15) is 0 Å². The van der Waals surface area contributed by atoms with E-state index in [2.05, 4.69) is 4.72 Å². The summed E-state index contributed by atoms with van der Waals surface area (Å²) in [5, 5.41) is 0. The number of aromatic nitrogens is 1. The van der Waals surface area contributed by atoms with Gasteiger partial charge in [-0.15, -0.1) is 0 Å². The van der Waals surface area contributed by atoms with Crippen molar-refractivity contribution in [2.45, 2.75) is 37.6 Å². The number of hydrogen-bond acceptors (Lipinski definition) is 5. The maximum absolute atomic E-state index is 12.8. The summed E-state index contributed by atoms with van der Waals surface area (Å²) >= 11 is 1.04. The molecule has 0 atom stereocenters. The molecule has 7 nitrogen and oxygen atoms in total. The molecule has 0 bridgehead atoms. The fourth-order valence-corrected chi connectivity index (χ4v) is 5.73. The van der Waals surface area contributed by atoms with Crippen molar-refractivity contribution in [1.29, 1.82) is 0 Å². The Balaban J connectivity index is 1.60. The van der Waals surface area contributed by atoms with Gasteiger partial charge in [0.15, 0.2) is 0 Å². The Morgan fingerprint density at radius 3 is 2.41 bits per heavy atom. The van der Waals surface area contributed by atoms with Crippen molar-refractivity contribution in [3.05, 3.63) is 52.1 Å². The van der Waals surface area contributed by atoms with E-state index in [9.17, 15) is 18.0 Å². The highest BCUT2D eigenvalue weighted by Crippen LogP contribution is 2.27. The molecule has 9 heteroatoms. The third-order valence-electron chi connectivity index (χ3n) is 4.92.